The van der Waals surface area contributed by atoms with Gasteiger partial charge in [-0.2, -0.15) is 0 Å². The maximum Gasteiger partial charge on any atom is 0.0353 e. The van der Waals surface area contributed by atoms with Crippen molar-refractivity contribution in [2.24, 2.45) is 0 Å². The van der Waals surface area contributed by atoms with Gasteiger partial charge < -0.3 is 0 Å². The summed E-state index contributed by atoms with van der Waals surface area (Å²) in [6.07, 6.45) is 0. The summed E-state index contributed by atoms with van der Waals surface area (Å²) in [5.74, 6) is 2.38. The molecule has 4 aliphatic heterocycles. The molecule has 2 aromatic carbocycles. The minimum atomic E-state index is 0.629. The zero-order valence-corrected chi connectivity index (χ0v) is 15.9. The van der Waals surface area contributed by atoms with Crippen molar-refractivity contribution >= 4 is 47.0 Å². The van der Waals surface area contributed by atoms with Gasteiger partial charge in [0.15, 0.2) is 0 Å². The molecule has 4 heterocycles. The van der Waals surface area contributed by atoms with Crippen LogP contribution >= 0.6 is 47.0 Å². The van der Waals surface area contributed by atoms with Gasteiger partial charge in [0.25, 0.3) is 0 Å². The normalized spacial score (nSPS) is 23.7. The number of fused-ring (bicyclic) bond motifs is 1. The third-order valence-corrected chi connectivity index (χ3v) is 9.55. The van der Waals surface area contributed by atoms with Crippen molar-refractivity contribution in [1.29, 1.82) is 0 Å². The molecule has 0 fully saturated rings. The Morgan fingerprint density at radius 3 is 2.32 bits per heavy atom. The van der Waals surface area contributed by atoms with E-state index in [1.807, 2.05) is 35.3 Å². The lowest BCUT2D eigenvalue weighted by Gasteiger charge is -2.26. The third kappa shape index (κ3) is 2.95. The number of thioether (sulfide) groups is 4. The second-order valence-electron chi connectivity index (χ2n) is 5.77. The number of hydrogen-bond donors (Lipinski definition) is 0. The predicted octanol–water partition coefficient (Wildman–Crippen LogP) is 6.53. The first-order chi connectivity index (χ1) is 10.7. The molecule has 0 amide bonds. The topological polar surface area (TPSA) is 0 Å². The standard InChI is InChI=1S/C18H18S4/c1-11-9-19-16-8-7-15(13-3-5-14(21-11)6-4-13)17-18(16)22-12(2)10-20-17/h3-8,11-12H,9-10H2,1-2H3. The first-order valence-corrected chi connectivity index (χ1v) is 11.3. The van der Waals surface area contributed by atoms with Crippen LogP contribution in [0.15, 0.2) is 56.0 Å². The van der Waals surface area contributed by atoms with Crippen LogP contribution in [0.1, 0.15) is 13.8 Å². The Balaban J connectivity index is 1.91. The Labute approximate surface area is 149 Å². The quantitative estimate of drug-likeness (QED) is 0.522. The lowest BCUT2D eigenvalue weighted by Crippen LogP contribution is -2.08. The van der Waals surface area contributed by atoms with Crippen LogP contribution in [0.25, 0.3) is 11.1 Å². The number of benzene rings is 2. The molecule has 0 saturated carbocycles. The van der Waals surface area contributed by atoms with E-state index in [4.69, 9.17) is 0 Å². The lowest BCUT2D eigenvalue weighted by molar-refractivity contribution is 1.04. The highest BCUT2D eigenvalue weighted by Gasteiger charge is 2.24. The van der Waals surface area contributed by atoms with Gasteiger partial charge in [0, 0.05) is 41.6 Å². The molecular weight excluding hydrogens is 344 g/mol. The van der Waals surface area contributed by atoms with Crippen LogP contribution in [0.2, 0.25) is 0 Å². The summed E-state index contributed by atoms with van der Waals surface area (Å²) in [7, 11) is 0. The molecular formula is C18H18S4. The molecule has 6 rings (SSSR count). The van der Waals surface area contributed by atoms with Gasteiger partial charge in [0.05, 0.1) is 0 Å². The SMILES string of the molecule is CC1CSc2ccc(c3c2SC(C)CS3)-c2ccc(cc2)S1. The van der Waals surface area contributed by atoms with Crippen molar-refractivity contribution in [3.63, 3.8) is 0 Å². The summed E-state index contributed by atoms with van der Waals surface area (Å²) >= 11 is 8.13. The molecule has 4 aliphatic rings. The first-order valence-electron chi connectivity index (χ1n) is 7.57. The van der Waals surface area contributed by atoms with E-state index >= 15 is 0 Å². The maximum atomic E-state index is 2.35. The zero-order chi connectivity index (χ0) is 15.1. The van der Waals surface area contributed by atoms with E-state index in [0.717, 1.165) is 5.75 Å². The third-order valence-electron chi connectivity index (χ3n) is 3.83. The second kappa shape index (κ2) is 6.39. The first kappa shape index (κ1) is 15.4. The lowest BCUT2D eigenvalue weighted by atomic mass is 10.1. The van der Waals surface area contributed by atoms with E-state index in [-0.39, 0.29) is 0 Å². The van der Waals surface area contributed by atoms with E-state index in [1.165, 1.54) is 36.5 Å². The molecule has 0 radical (unpaired) electrons. The minimum Gasteiger partial charge on any atom is -0.124 e. The molecule has 0 aliphatic carbocycles. The molecule has 4 heteroatoms. The van der Waals surface area contributed by atoms with E-state index in [2.05, 4.69) is 62.0 Å². The van der Waals surface area contributed by atoms with Crippen molar-refractivity contribution in [1.82, 2.24) is 0 Å². The number of rotatable bonds is 0. The summed E-state index contributed by atoms with van der Waals surface area (Å²) < 4.78 is 0. The van der Waals surface area contributed by atoms with Crippen LogP contribution in [-0.2, 0) is 0 Å². The van der Waals surface area contributed by atoms with Crippen molar-refractivity contribution in [3.05, 3.63) is 36.4 Å². The van der Waals surface area contributed by atoms with Crippen LogP contribution in [0.4, 0.5) is 0 Å². The molecule has 22 heavy (non-hydrogen) atoms. The smallest absolute Gasteiger partial charge is 0.0353 e. The van der Waals surface area contributed by atoms with Gasteiger partial charge in [-0.25, -0.2) is 0 Å². The van der Waals surface area contributed by atoms with Crippen LogP contribution in [0, 0.1) is 0 Å². The average Bonchev–Trinajstić information content (AvgIpc) is 2.52. The Hall–Kier alpha value is -0.160. The summed E-state index contributed by atoms with van der Waals surface area (Å²) in [6.45, 7) is 4.68. The van der Waals surface area contributed by atoms with E-state index < -0.39 is 0 Å². The van der Waals surface area contributed by atoms with E-state index in [9.17, 15) is 0 Å². The Morgan fingerprint density at radius 1 is 0.773 bits per heavy atom. The van der Waals surface area contributed by atoms with Crippen LogP contribution in [0.3, 0.4) is 0 Å². The van der Waals surface area contributed by atoms with Gasteiger partial charge in [-0.15, -0.1) is 47.0 Å². The summed E-state index contributed by atoms with van der Waals surface area (Å²) in [4.78, 5) is 5.89. The fraction of sp³-hybridized carbons (Fsp3) is 0.333. The highest BCUT2D eigenvalue weighted by atomic mass is 32.2. The monoisotopic (exact) mass is 362 g/mol. The van der Waals surface area contributed by atoms with Crippen LogP contribution in [0.5, 0.6) is 0 Å². The molecule has 0 spiro atoms. The van der Waals surface area contributed by atoms with Gasteiger partial charge in [-0.1, -0.05) is 32.0 Å². The van der Waals surface area contributed by atoms with E-state index in [0.29, 0.717) is 10.5 Å². The highest BCUT2D eigenvalue weighted by molar-refractivity contribution is 8.07. The molecule has 2 unspecified atom stereocenters. The van der Waals surface area contributed by atoms with Gasteiger partial charge in [0.2, 0.25) is 0 Å². The fourth-order valence-electron chi connectivity index (χ4n) is 2.76. The molecule has 0 N–H and O–H groups in total. The molecule has 4 bridgehead atoms. The summed E-state index contributed by atoms with van der Waals surface area (Å²) in [6, 6.07) is 13.8. The molecule has 2 aromatic rings. The largest absolute Gasteiger partial charge is 0.124 e. The van der Waals surface area contributed by atoms with Crippen molar-refractivity contribution in [2.45, 2.75) is 43.9 Å². The van der Waals surface area contributed by atoms with E-state index in [1.54, 1.807) is 0 Å². The fourth-order valence-corrected chi connectivity index (χ4v) is 7.78. The molecule has 0 saturated heterocycles. The molecule has 2 atom stereocenters. The van der Waals surface area contributed by atoms with Crippen molar-refractivity contribution in [3.8, 4) is 11.1 Å². The summed E-state index contributed by atoms with van der Waals surface area (Å²) in [5.41, 5.74) is 2.77. The maximum absolute atomic E-state index is 2.35. The number of hydrogen-bond acceptors (Lipinski definition) is 4. The zero-order valence-electron chi connectivity index (χ0n) is 12.7. The van der Waals surface area contributed by atoms with Crippen molar-refractivity contribution in [2.75, 3.05) is 11.5 Å². The second-order valence-corrected chi connectivity index (χ2v) is 10.8. The van der Waals surface area contributed by atoms with Gasteiger partial charge in [0.1, 0.15) is 0 Å². The van der Waals surface area contributed by atoms with Crippen LogP contribution in [-0.4, -0.2) is 22.0 Å². The van der Waals surface area contributed by atoms with Crippen LogP contribution < -0.4 is 0 Å². The van der Waals surface area contributed by atoms with Gasteiger partial charge in [-0.05, 0) is 29.3 Å². The minimum absolute atomic E-state index is 0.629. The molecule has 114 valence electrons. The Kier molecular flexibility index (Phi) is 4.46. The average molecular weight is 363 g/mol. The Bertz CT molecular complexity index is 693. The Morgan fingerprint density at radius 2 is 1.50 bits per heavy atom. The predicted molar refractivity (Wildman–Crippen MR) is 104 cm³/mol. The highest BCUT2D eigenvalue weighted by Crippen LogP contribution is 2.50. The van der Waals surface area contributed by atoms with Crippen molar-refractivity contribution < 1.29 is 0 Å². The molecule has 0 nitrogen and oxygen atoms in total. The molecule has 0 aromatic heterocycles. The van der Waals surface area contributed by atoms with Gasteiger partial charge in [-0.3, -0.25) is 0 Å². The summed E-state index contributed by atoms with van der Waals surface area (Å²) in [5, 5.41) is 1.33. The van der Waals surface area contributed by atoms with Gasteiger partial charge >= 0.3 is 0 Å².